The average Bonchev–Trinajstić information content (AvgIpc) is 2.68. The number of nitrogens with zero attached hydrogens (tertiary/aromatic N) is 2. The molecular formula is C12H13FN2O. The van der Waals surface area contributed by atoms with E-state index in [9.17, 15) is 4.39 Å². The van der Waals surface area contributed by atoms with E-state index in [1.54, 1.807) is 18.3 Å². The molecule has 0 amide bonds. The Morgan fingerprint density at radius 2 is 2.00 bits per heavy atom. The van der Waals surface area contributed by atoms with E-state index in [0.29, 0.717) is 12.4 Å². The molecule has 0 saturated carbocycles. The molecule has 0 N–H and O–H groups in total. The lowest BCUT2D eigenvalue weighted by molar-refractivity contribution is 0.318. The SMILES string of the molecule is Cn1nccc1CCOc1ccc(F)cc1. The largest absolute Gasteiger partial charge is 0.493 e. The lowest BCUT2D eigenvalue weighted by atomic mass is 10.3. The summed E-state index contributed by atoms with van der Waals surface area (Å²) in [5.41, 5.74) is 1.11. The molecular weight excluding hydrogens is 207 g/mol. The number of rotatable bonds is 4. The second-order valence-corrected chi connectivity index (χ2v) is 3.50. The molecule has 3 nitrogen and oxygen atoms in total. The summed E-state index contributed by atoms with van der Waals surface area (Å²) in [6, 6.07) is 7.98. The number of aromatic nitrogens is 2. The minimum Gasteiger partial charge on any atom is -0.493 e. The Morgan fingerprint density at radius 3 is 2.62 bits per heavy atom. The summed E-state index contributed by atoms with van der Waals surface area (Å²) in [7, 11) is 1.90. The molecule has 84 valence electrons. The quantitative estimate of drug-likeness (QED) is 0.789. The average molecular weight is 220 g/mol. The Labute approximate surface area is 93.5 Å². The van der Waals surface area contributed by atoms with E-state index in [4.69, 9.17) is 4.74 Å². The van der Waals surface area contributed by atoms with Crippen LogP contribution in [0.4, 0.5) is 4.39 Å². The lowest BCUT2D eigenvalue weighted by Crippen LogP contribution is -2.05. The maximum atomic E-state index is 12.6. The molecule has 1 aromatic carbocycles. The molecule has 0 saturated heterocycles. The second-order valence-electron chi connectivity index (χ2n) is 3.50. The molecule has 0 aliphatic rings. The number of hydrogen-bond acceptors (Lipinski definition) is 2. The zero-order chi connectivity index (χ0) is 11.4. The highest BCUT2D eigenvalue weighted by atomic mass is 19.1. The molecule has 0 aliphatic heterocycles. The van der Waals surface area contributed by atoms with Gasteiger partial charge in [0.1, 0.15) is 11.6 Å². The first-order valence-electron chi connectivity index (χ1n) is 5.11. The van der Waals surface area contributed by atoms with Crippen LogP contribution in [0.2, 0.25) is 0 Å². The van der Waals surface area contributed by atoms with Crippen molar-refractivity contribution < 1.29 is 9.13 Å². The molecule has 2 rings (SSSR count). The van der Waals surface area contributed by atoms with Crippen LogP contribution in [-0.4, -0.2) is 16.4 Å². The van der Waals surface area contributed by atoms with Crippen LogP contribution < -0.4 is 4.74 Å². The van der Waals surface area contributed by atoms with E-state index in [0.717, 1.165) is 12.1 Å². The summed E-state index contributed by atoms with van der Waals surface area (Å²) in [6.45, 7) is 0.561. The molecule has 4 heteroatoms. The number of benzene rings is 1. The molecule has 1 heterocycles. The second kappa shape index (κ2) is 4.79. The fraction of sp³-hybridized carbons (Fsp3) is 0.250. The summed E-state index contributed by atoms with van der Waals surface area (Å²) in [5.74, 6) is 0.433. The van der Waals surface area contributed by atoms with Crippen molar-refractivity contribution in [2.45, 2.75) is 6.42 Å². The van der Waals surface area contributed by atoms with E-state index in [1.165, 1.54) is 12.1 Å². The van der Waals surface area contributed by atoms with E-state index in [2.05, 4.69) is 5.10 Å². The Balaban J connectivity index is 1.84. The Kier molecular flexibility index (Phi) is 3.19. The van der Waals surface area contributed by atoms with Crippen LogP contribution in [0.25, 0.3) is 0 Å². The van der Waals surface area contributed by atoms with Crippen LogP contribution in [0.1, 0.15) is 5.69 Å². The molecule has 0 atom stereocenters. The first-order chi connectivity index (χ1) is 7.75. The molecule has 0 fully saturated rings. The highest BCUT2D eigenvalue weighted by molar-refractivity contribution is 5.22. The fourth-order valence-corrected chi connectivity index (χ4v) is 1.45. The standard InChI is InChI=1S/C12H13FN2O/c1-15-11(6-8-14-15)7-9-16-12-4-2-10(13)3-5-12/h2-6,8H,7,9H2,1H3. The topological polar surface area (TPSA) is 27.1 Å². The van der Waals surface area contributed by atoms with Crippen molar-refractivity contribution in [3.63, 3.8) is 0 Å². The Bertz CT molecular complexity index is 450. The summed E-state index contributed by atoms with van der Waals surface area (Å²) in [6.07, 6.45) is 2.54. The number of halogens is 1. The molecule has 0 spiro atoms. The molecule has 2 aromatic rings. The number of hydrogen-bond donors (Lipinski definition) is 0. The Hall–Kier alpha value is -1.84. The zero-order valence-corrected chi connectivity index (χ0v) is 9.06. The highest BCUT2D eigenvalue weighted by Gasteiger charge is 1.99. The van der Waals surface area contributed by atoms with Crippen LogP contribution >= 0.6 is 0 Å². The van der Waals surface area contributed by atoms with Gasteiger partial charge in [-0.3, -0.25) is 4.68 Å². The van der Waals surface area contributed by atoms with Crippen LogP contribution in [0.5, 0.6) is 5.75 Å². The van der Waals surface area contributed by atoms with Crippen LogP contribution in [0, 0.1) is 5.82 Å². The molecule has 0 radical (unpaired) electrons. The third kappa shape index (κ3) is 2.59. The highest BCUT2D eigenvalue weighted by Crippen LogP contribution is 2.11. The van der Waals surface area contributed by atoms with Crippen molar-refractivity contribution in [2.75, 3.05) is 6.61 Å². The normalized spacial score (nSPS) is 10.4. The van der Waals surface area contributed by atoms with Gasteiger partial charge in [-0.1, -0.05) is 0 Å². The maximum Gasteiger partial charge on any atom is 0.123 e. The lowest BCUT2D eigenvalue weighted by Gasteiger charge is -2.06. The summed E-state index contributed by atoms with van der Waals surface area (Å²) < 4.78 is 19.9. The van der Waals surface area contributed by atoms with Gasteiger partial charge in [0.2, 0.25) is 0 Å². The van der Waals surface area contributed by atoms with Crippen molar-refractivity contribution >= 4 is 0 Å². The van der Waals surface area contributed by atoms with Gasteiger partial charge in [-0.15, -0.1) is 0 Å². The van der Waals surface area contributed by atoms with Gasteiger partial charge in [0.15, 0.2) is 0 Å². The minimum absolute atomic E-state index is 0.251. The molecule has 0 bridgehead atoms. The maximum absolute atomic E-state index is 12.6. The van der Waals surface area contributed by atoms with E-state index < -0.39 is 0 Å². The van der Waals surface area contributed by atoms with Gasteiger partial charge in [0.05, 0.1) is 6.61 Å². The molecule has 16 heavy (non-hydrogen) atoms. The Morgan fingerprint density at radius 1 is 1.25 bits per heavy atom. The van der Waals surface area contributed by atoms with Crippen molar-refractivity contribution in [3.8, 4) is 5.75 Å². The van der Waals surface area contributed by atoms with Crippen LogP contribution in [0.15, 0.2) is 36.5 Å². The molecule has 0 aliphatic carbocycles. The summed E-state index contributed by atoms with van der Waals surface area (Å²) in [5, 5.41) is 4.07. The molecule has 0 unspecified atom stereocenters. The first kappa shape index (κ1) is 10.7. The van der Waals surface area contributed by atoms with E-state index in [-0.39, 0.29) is 5.82 Å². The van der Waals surface area contributed by atoms with Gasteiger partial charge in [-0.25, -0.2) is 4.39 Å². The molecule has 1 aromatic heterocycles. The summed E-state index contributed by atoms with van der Waals surface area (Å²) in [4.78, 5) is 0. The van der Waals surface area contributed by atoms with Gasteiger partial charge in [0, 0.05) is 25.4 Å². The van der Waals surface area contributed by atoms with E-state index >= 15 is 0 Å². The smallest absolute Gasteiger partial charge is 0.123 e. The van der Waals surface area contributed by atoms with Crippen LogP contribution in [-0.2, 0) is 13.5 Å². The predicted molar refractivity (Wildman–Crippen MR) is 58.8 cm³/mol. The zero-order valence-electron chi connectivity index (χ0n) is 9.06. The monoisotopic (exact) mass is 220 g/mol. The van der Waals surface area contributed by atoms with Gasteiger partial charge >= 0.3 is 0 Å². The van der Waals surface area contributed by atoms with Crippen LogP contribution in [0.3, 0.4) is 0 Å². The van der Waals surface area contributed by atoms with Crippen molar-refractivity contribution in [2.24, 2.45) is 7.05 Å². The van der Waals surface area contributed by atoms with Gasteiger partial charge in [-0.2, -0.15) is 5.10 Å². The van der Waals surface area contributed by atoms with Crippen molar-refractivity contribution in [3.05, 3.63) is 48.0 Å². The van der Waals surface area contributed by atoms with Crippen molar-refractivity contribution in [1.29, 1.82) is 0 Å². The predicted octanol–water partition coefficient (Wildman–Crippen LogP) is 2.18. The number of ether oxygens (including phenoxy) is 1. The number of aryl methyl sites for hydroxylation is 1. The van der Waals surface area contributed by atoms with Gasteiger partial charge in [0.25, 0.3) is 0 Å². The fourth-order valence-electron chi connectivity index (χ4n) is 1.45. The third-order valence-corrected chi connectivity index (χ3v) is 2.36. The van der Waals surface area contributed by atoms with Gasteiger partial charge in [-0.05, 0) is 30.3 Å². The van der Waals surface area contributed by atoms with E-state index in [1.807, 2.05) is 17.8 Å². The first-order valence-corrected chi connectivity index (χ1v) is 5.11. The summed E-state index contributed by atoms with van der Waals surface area (Å²) >= 11 is 0. The third-order valence-electron chi connectivity index (χ3n) is 2.36. The van der Waals surface area contributed by atoms with Gasteiger partial charge < -0.3 is 4.74 Å². The minimum atomic E-state index is -0.251. The van der Waals surface area contributed by atoms with Crippen molar-refractivity contribution in [1.82, 2.24) is 9.78 Å².